The third-order valence-electron chi connectivity index (χ3n) is 2.59. The monoisotopic (exact) mass is 295 g/mol. The number of hydrogen-bond donors (Lipinski definition) is 2. The fraction of sp³-hybridized carbons (Fsp3) is 0.385. The summed E-state index contributed by atoms with van der Waals surface area (Å²) in [5, 5.41) is 2.90. The van der Waals surface area contributed by atoms with Crippen LogP contribution in [-0.4, -0.2) is 28.7 Å². The molecule has 1 aromatic heterocycles. The molecule has 0 spiro atoms. The number of fused-ring (bicyclic) bond motifs is 1. The fourth-order valence-corrected chi connectivity index (χ4v) is 3.37. The van der Waals surface area contributed by atoms with Crippen molar-refractivity contribution < 1.29 is 4.79 Å². The number of carbonyl (C=O) groups is 1. The van der Waals surface area contributed by atoms with E-state index in [-0.39, 0.29) is 11.4 Å². The van der Waals surface area contributed by atoms with E-state index in [0.29, 0.717) is 12.3 Å². The van der Waals surface area contributed by atoms with Gasteiger partial charge in [0.2, 0.25) is 5.91 Å². The minimum Gasteiger partial charge on any atom is -0.349 e. The summed E-state index contributed by atoms with van der Waals surface area (Å²) in [5.41, 5.74) is 6.21. The van der Waals surface area contributed by atoms with E-state index in [9.17, 15) is 4.79 Å². The average molecular weight is 295 g/mol. The first-order valence-electron chi connectivity index (χ1n) is 6.00. The van der Waals surface area contributed by atoms with Crippen molar-refractivity contribution in [3.63, 3.8) is 0 Å². The summed E-state index contributed by atoms with van der Waals surface area (Å²) in [5.74, 6) is 0.350. The molecule has 0 aliphatic heterocycles. The second-order valence-electron chi connectivity index (χ2n) is 4.87. The number of nitrogens with zero attached hydrogens (tertiary/aromatic N) is 1. The van der Waals surface area contributed by atoms with Crippen molar-refractivity contribution in [2.75, 3.05) is 12.3 Å². The minimum atomic E-state index is -0.356. The maximum Gasteiger partial charge on any atom is 0.230 e. The fourth-order valence-electron chi connectivity index (χ4n) is 1.50. The van der Waals surface area contributed by atoms with Crippen LogP contribution in [0.3, 0.4) is 0 Å². The van der Waals surface area contributed by atoms with E-state index in [1.165, 1.54) is 11.8 Å². The molecular weight excluding hydrogens is 278 g/mol. The third kappa shape index (κ3) is 3.92. The Labute approximate surface area is 120 Å². The highest BCUT2D eigenvalue weighted by atomic mass is 32.2. The predicted octanol–water partition coefficient (Wildman–Crippen LogP) is 2.24. The van der Waals surface area contributed by atoms with Gasteiger partial charge in [-0.3, -0.25) is 4.79 Å². The molecule has 0 saturated carbocycles. The Balaban J connectivity index is 1.93. The van der Waals surface area contributed by atoms with Crippen molar-refractivity contribution in [2.24, 2.45) is 5.73 Å². The Kier molecular flexibility index (Phi) is 4.44. The Morgan fingerprint density at radius 3 is 2.89 bits per heavy atom. The summed E-state index contributed by atoms with van der Waals surface area (Å²) in [6.07, 6.45) is 0. The molecule has 19 heavy (non-hydrogen) atoms. The molecule has 0 saturated heterocycles. The normalized spacial score (nSPS) is 11.7. The molecule has 3 N–H and O–H groups in total. The van der Waals surface area contributed by atoms with Gasteiger partial charge in [-0.25, -0.2) is 4.98 Å². The first-order valence-corrected chi connectivity index (χ1v) is 7.80. The molecule has 1 heterocycles. The van der Waals surface area contributed by atoms with Crippen LogP contribution in [0.5, 0.6) is 0 Å². The van der Waals surface area contributed by atoms with Gasteiger partial charge in [0.1, 0.15) is 0 Å². The van der Waals surface area contributed by atoms with Gasteiger partial charge in [-0.1, -0.05) is 23.9 Å². The highest BCUT2D eigenvalue weighted by Crippen LogP contribution is 2.29. The van der Waals surface area contributed by atoms with Gasteiger partial charge >= 0.3 is 0 Å². The summed E-state index contributed by atoms with van der Waals surface area (Å²) in [6.45, 7) is 4.24. The predicted molar refractivity (Wildman–Crippen MR) is 81.6 cm³/mol. The average Bonchev–Trinajstić information content (AvgIpc) is 2.78. The Hall–Kier alpha value is -1.11. The summed E-state index contributed by atoms with van der Waals surface area (Å²) in [7, 11) is 0. The molecule has 0 atom stereocenters. The van der Waals surface area contributed by atoms with E-state index in [4.69, 9.17) is 5.73 Å². The standard InChI is InChI=1S/C13H17N3OS2/c1-13(2,8-14)16-11(17)7-18-12-15-9-5-3-4-6-10(9)19-12/h3-6H,7-8,14H2,1-2H3,(H,16,17). The van der Waals surface area contributed by atoms with Crippen LogP contribution < -0.4 is 11.1 Å². The molecule has 1 aromatic carbocycles. The molecule has 0 aliphatic rings. The topological polar surface area (TPSA) is 68.0 Å². The molecular formula is C13H17N3OS2. The number of thioether (sulfide) groups is 1. The van der Waals surface area contributed by atoms with E-state index in [2.05, 4.69) is 10.3 Å². The number of aromatic nitrogens is 1. The smallest absolute Gasteiger partial charge is 0.230 e. The number of nitrogens with one attached hydrogen (secondary N) is 1. The first-order chi connectivity index (χ1) is 9.00. The maximum absolute atomic E-state index is 11.8. The molecule has 4 nitrogen and oxygen atoms in total. The van der Waals surface area contributed by atoms with Crippen molar-refractivity contribution in [2.45, 2.75) is 23.7 Å². The maximum atomic E-state index is 11.8. The first kappa shape index (κ1) is 14.3. The number of amides is 1. The zero-order valence-electron chi connectivity index (χ0n) is 11.0. The number of thiazole rings is 1. The number of carbonyl (C=O) groups excluding carboxylic acids is 1. The summed E-state index contributed by atoms with van der Waals surface area (Å²) >= 11 is 3.07. The quantitative estimate of drug-likeness (QED) is 0.830. The van der Waals surface area contributed by atoms with Crippen LogP contribution >= 0.6 is 23.1 Å². The number of hydrogen-bond acceptors (Lipinski definition) is 5. The Bertz CT molecular complexity index is 547. The zero-order valence-corrected chi connectivity index (χ0v) is 12.6. The van der Waals surface area contributed by atoms with Crippen LogP contribution in [0.2, 0.25) is 0 Å². The van der Waals surface area contributed by atoms with E-state index in [0.717, 1.165) is 14.6 Å². The van der Waals surface area contributed by atoms with E-state index in [1.54, 1.807) is 11.3 Å². The Morgan fingerprint density at radius 1 is 1.47 bits per heavy atom. The summed E-state index contributed by atoms with van der Waals surface area (Å²) in [6, 6.07) is 7.97. The largest absolute Gasteiger partial charge is 0.349 e. The molecule has 0 bridgehead atoms. The molecule has 2 aromatic rings. The number of nitrogens with two attached hydrogens (primary N) is 1. The van der Waals surface area contributed by atoms with Crippen LogP contribution in [0, 0.1) is 0 Å². The zero-order chi connectivity index (χ0) is 13.9. The van der Waals surface area contributed by atoms with Crippen LogP contribution in [0.25, 0.3) is 10.2 Å². The van der Waals surface area contributed by atoms with E-state index < -0.39 is 0 Å². The highest BCUT2D eigenvalue weighted by molar-refractivity contribution is 8.01. The van der Waals surface area contributed by atoms with Gasteiger partial charge in [-0.15, -0.1) is 11.3 Å². The molecule has 1 amide bonds. The van der Waals surface area contributed by atoms with Gasteiger partial charge in [-0.05, 0) is 26.0 Å². The van der Waals surface area contributed by atoms with E-state index >= 15 is 0 Å². The second-order valence-corrected chi connectivity index (χ2v) is 7.13. The van der Waals surface area contributed by atoms with Crippen molar-refractivity contribution in [1.29, 1.82) is 0 Å². The lowest BCUT2D eigenvalue weighted by atomic mass is 10.1. The number of benzene rings is 1. The van der Waals surface area contributed by atoms with Gasteiger partial charge in [-0.2, -0.15) is 0 Å². The summed E-state index contributed by atoms with van der Waals surface area (Å²) in [4.78, 5) is 16.3. The van der Waals surface area contributed by atoms with Crippen LogP contribution in [0.1, 0.15) is 13.8 Å². The van der Waals surface area contributed by atoms with Crippen molar-refractivity contribution in [3.05, 3.63) is 24.3 Å². The number of rotatable bonds is 5. The number of para-hydroxylation sites is 1. The summed E-state index contributed by atoms with van der Waals surface area (Å²) < 4.78 is 2.06. The third-order valence-corrected chi connectivity index (χ3v) is 4.77. The van der Waals surface area contributed by atoms with Crippen molar-refractivity contribution >= 4 is 39.2 Å². The Morgan fingerprint density at radius 2 is 2.21 bits per heavy atom. The van der Waals surface area contributed by atoms with Gasteiger partial charge in [0, 0.05) is 12.1 Å². The molecule has 0 fully saturated rings. The molecule has 102 valence electrons. The molecule has 6 heteroatoms. The molecule has 2 rings (SSSR count). The second kappa shape index (κ2) is 5.90. The lowest BCUT2D eigenvalue weighted by Crippen LogP contribution is -2.49. The molecule has 0 unspecified atom stereocenters. The lowest BCUT2D eigenvalue weighted by Gasteiger charge is -2.23. The van der Waals surface area contributed by atoms with Crippen molar-refractivity contribution in [3.8, 4) is 0 Å². The molecule has 0 aliphatic carbocycles. The van der Waals surface area contributed by atoms with E-state index in [1.807, 2.05) is 38.1 Å². The highest BCUT2D eigenvalue weighted by Gasteiger charge is 2.18. The van der Waals surface area contributed by atoms with Gasteiger partial charge < -0.3 is 11.1 Å². The van der Waals surface area contributed by atoms with Gasteiger partial charge in [0.05, 0.1) is 16.0 Å². The molecule has 0 radical (unpaired) electrons. The lowest BCUT2D eigenvalue weighted by molar-refractivity contribution is -0.120. The minimum absolute atomic E-state index is 0.0142. The van der Waals surface area contributed by atoms with Crippen LogP contribution in [0.4, 0.5) is 0 Å². The van der Waals surface area contributed by atoms with Gasteiger partial charge in [0.15, 0.2) is 4.34 Å². The van der Waals surface area contributed by atoms with Crippen molar-refractivity contribution in [1.82, 2.24) is 10.3 Å². The van der Waals surface area contributed by atoms with Crippen LogP contribution in [0.15, 0.2) is 28.6 Å². The van der Waals surface area contributed by atoms with Crippen LogP contribution in [-0.2, 0) is 4.79 Å². The SMILES string of the molecule is CC(C)(CN)NC(=O)CSc1nc2ccccc2s1. The van der Waals surface area contributed by atoms with Gasteiger partial charge in [0.25, 0.3) is 0 Å².